The topological polar surface area (TPSA) is 37.6 Å². The zero-order valence-electron chi connectivity index (χ0n) is 11.3. The number of rotatable bonds is 5. The number of aryl methyl sites for hydroxylation is 1. The minimum atomic E-state index is -0.0999. The molecule has 0 saturated carbocycles. The van der Waals surface area contributed by atoms with Crippen LogP contribution in [0.25, 0.3) is 5.65 Å². The number of pyridine rings is 1. The van der Waals surface area contributed by atoms with Crippen LogP contribution in [0.2, 0.25) is 5.02 Å². The first-order valence-electron chi connectivity index (χ1n) is 6.23. The van der Waals surface area contributed by atoms with Gasteiger partial charge in [-0.1, -0.05) is 23.8 Å². The number of fused-ring (bicyclic) bond motifs is 1. The van der Waals surface area contributed by atoms with E-state index in [4.69, 9.17) is 11.6 Å². The number of nitrogens with zero attached hydrogens (tertiary/aromatic N) is 3. The minimum absolute atomic E-state index is 0.0999. The second-order valence-corrected chi connectivity index (χ2v) is 4.84. The molecule has 0 aliphatic rings. The Morgan fingerprint density at radius 2 is 2.10 bits per heavy atom. The van der Waals surface area contributed by atoms with Gasteiger partial charge in [-0.2, -0.15) is 0 Å². The monoisotopic (exact) mass is 289 g/mol. The molecule has 0 bridgehead atoms. The number of hydrogen-bond donors (Lipinski definition) is 0. The lowest BCUT2D eigenvalue weighted by molar-refractivity contribution is 0.0783. The van der Waals surface area contributed by atoms with Crippen molar-refractivity contribution in [1.82, 2.24) is 14.3 Å². The van der Waals surface area contributed by atoms with Crippen LogP contribution in [-0.2, 0) is 0 Å². The van der Waals surface area contributed by atoms with Crippen molar-refractivity contribution in [1.29, 1.82) is 0 Å². The molecule has 0 saturated heterocycles. The summed E-state index contributed by atoms with van der Waals surface area (Å²) in [6, 6.07) is 3.47. The first kappa shape index (κ1) is 14.3. The highest BCUT2D eigenvalue weighted by Crippen LogP contribution is 2.18. The van der Waals surface area contributed by atoms with E-state index in [0.29, 0.717) is 35.1 Å². The Labute approximate surface area is 123 Å². The van der Waals surface area contributed by atoms with Crippen molar-refractivity contribution < 1.29 is 4.79 Å². The Kier molecular flexibility index (Phi) is 4.25. The molecule has 0 fully saturated rings. The molecule has 20 heavy (non-hydrogen) atoms. The SMILES string of the molecule is C=CCN(CC=C)C(=O)c1c(C)nc2cc(Cl)ccn12. The van der Waals surface area contributed by atoms with E-state index in [0.717, 1.165) is 0 Å². The summed E-state index contributed by atoms with van der Waals surface area (Å²) in [6.45, 7) is 10.1. The largest absolute Gasteiger partial charge is 0.330 e. The van der Waals surface area contributed by atoms with Gasteiger partial charge in [0.15, 0.2) is 0 Å². The van der Waals surface area contributed by atoms with Gasteiger partial charge in [0.05, 0.1) is 5.69 Å². The summed E-state index contributed by atoms with van der Waals surface area (Å²) in [5.74, 6) is -0.0999. The van der Waals surface area contributed by atoms with Crippen molar-refractivity contribution in [2.45, 2.75) is 6.92 Å². The number of imidazole rings is 1. The van der Waals surface area contributed by atoms with Gasteiger partial charge in [-0.25, -0.2) is 4.98 Å². The van der Waals surface area contributed by atoms with E-state index in [1.165, 1.54) is 0 Å². The van der Waals surface area contributed by atoms with Crippen LogP contribution in [0.3, 0.4) is 0 Å². The third-order valence-electron chi connectivity index (χ3n) is 2.95. The number of amides is 1. The summed E-state index contributed by atoms with van der Waals surface area (Å²) in [7, 11) is 0. The molecule has 0 unspecified atom stereocenters. The Hall–Kier alpha value is -2.07. The second-order valence-electron chi connectivity index (χ2n) is 4.41. The molecule has 2 heterocycles. The van der Waals surface area contributed by atoms with Crippen LogP contribution in [0.1, 0.15) is 16.2 Å². The second kappa shape index (κ2) is 5.92. The van der Waals surface area contributed by atoms with Gasteiger partial charge in [-0.15, -0.1) is 13.2 Å². The van der Waals surface area contributed by atoms with E-state index < -0.39 is 0 Å². The quantitative estimate of drug-likeness (QED) is 0.793. The van der Waals surface area contributed by atoms with Gasteiger partial charge in [0.1, 0.15) is 11.3 Å². The lowest BCUT2D eigenvalue weighted by Crippen LogP contribution is -2.32. The number of halogens is 1. The van der Waals surface area contributed by atoms with Gasteiger partial charge in [0, 0.05) is 30.4 Å². The fraction of sp³-hybridized carbons (Fsp3) is 0.200. The van der Waals surface area contributed by atoms with Gasteiger partial charge in [0.25, 0.3) is 5.91 Å². The zero-order valence-corrected chi connectivity index (χ0v) is 12.1. The van der Waals surface area contributed by atoms with E-state index in [1.54, 1.807) is 39.8 Å². The number of carbonyl (C=O) groups is 1. The normalized spacial score (nSPS) is 10.5. The van der Waals surface area contributed by atoms with Crippen LogP contribution in [0.5, 0.6) is 0 Å². The van der Waals surface area contributed by atoms with Gasteiger partial charge in [0.2, 0.25) is 0 Å². The third-order valence-corrected chi connectivity index (χ3v) is 3.19. The molecule has 0 aliphatic carbocycles. The van der Waals surface area contributed by atoms with Crippen LogP contribution < -0.4 is 0 Å². The molecule has 104 valence electrons. The number of aromatic nitrogens is 2. The lowest BCUT2D eigenvalue weighted by atomic mass is 10.3. The third kappa shape index (κ3) is 2.60. The summed E-state index contributed by atoms with van der Waals surface area (Å²) >= 11 is 5.95. The molecule has 0 radical (unpaired) electrons. The fourth-order valence-electron chi connectivity index (χ4n) is 2.10. The predicted molar refractivity (Wildman–Crippen MR) is 81.2 cm³/mol. The van der Waals surface area contributed by atoms with Crippen molar-refractivity contribution in [3.63, 3.8) is 0 Å². The summed E-state index contributed by atoms with van der Waals surface area (Å²) in [5, 5.41) is 0.593. The average Bonchev–Trinajstić information content (AvgIpc) is 2.72. The van der Waals surface area contributed by atoms with Gasteiger partial charge in [-0.05, 0) is 13.0 Å². The van der Waals surface area contributed by atoms with Crippen LogP contribution in [0.15, 0.2) is 43.6 Å². The molecule has 0 spiro atoms. The number of hydrogen-bond acceptors (Lipinski definition) is 2. The molecule has 0 aliphatic heterocycles. The number of carbonyl (C=O) groups excluding carboxylic acids is 1. The van der Waals surface area contributed by atoms with Crippen molar-refractivity contribution >= 4 is 23.2 Å². The molecule has 2 aromatic heterocycles. The maximum atomic E-state index is 12.6. The molecular formula is C15H16ClN3O. The first-order chi connectivity index (χ1) is 9.58. The molecule has 0 aromatic carbocycles. The van der Waals surface area contributed by atoms with Crippen molar-refractivity contribution in [2.24, 2.45) is 0 Å². The highest BCUT2D eigenvalue weighted by molar-refractivity contribution is 6.30. The van der Waals surface area contributed by atoms with Crippen molar-refractivity contribution in [2.75, 3.05) is 13.1 Å². The lowest BCUT2D eigenvalue weighted by Gasteiger charge is -2.19. The van der Waals surface area contributed by atoms with Crippen LogP contribution in [0.4, 0.5) is 0 Å². The summed E-state index contributed by atoms with van der Waals surface area (Å²) in [6.07, 6.45) is 5.14. The Balaban J connectivity index is 2.50. The van der Waals surface area contributed by atoms with E-state index in [-0.39, 0.29) is 5.91 Å². The van der Waals surface area contributed by atoms with Crippen LogP contribution >= 0.6 is 11.6 Å². The standard InChI is InChI=1S/C15H16ClN3O/c1-4-7-18(8-5-2)15(20)14-11(3)17-13-10-12(16)6-9-19(13)14/h4-6,9-10H,1-2,7-8H2,3H3. The fourth-order valence-corrected chi connectivity index (χ4v) is 2.25. The smallest absolute Gasteiger partial charge is 0.273 e. The van der Waals surface area contributed by atoms with E-state index in [1.807, 2.05) is 6.92 Å². The minimum Gasteiger partial charge on any atom is -0.330 e. The molecule has 0 N–H and O–H groups in total. The summed E-state index contributed by atoms with van der Waals surface area (Å²) in [4.78, 5) is 18.7. The Morgan fingerprint density at radius 1 is 1.45 bits per heavy atom. The maximum Gasteiger partial charge on any atom is 0.273 e. The molecule has 4 nitrogen and oxygen atoms in total. The first-order valence-corrected chi connectivity index (χ1v) is 6.61. The van der Waals surface area contributed by atoms with Gasteiger partial charge in [-0.3, -0.25) is 9.20 Å². The van der Waals surface area contributed by atoms with Crippen LogP contribution in [0, 0.1) is 6.92 Å². The van der Waals surface area contributed by atoms with E-state index in [2.05, 4.69) is 18.1 Å². The maximum absolute atomic E-state index is 12.6. The molecule has 1 amide bonds. The summed E-state index contributed by atoms with van der Waals surface area (Å²) < 4.78 is 1.75. The predicted octanol–water partition coefficient (Wildman–Crippen LogP) is 3.11. The highest BCUT2D eigenvalue weighted by Gasteiger charge is 2.21. The molecular weight excluding hydrogens is 274 g/mol. The van der Waals surface area contributed by atoms with Crippen LogP contribution in [-0.4, -0.2) is 33.3 Å². The van der Waals surface area contributed by atoms with E-state index >= 15 is 0 Å². The Bertz CT molecular complexity index is 665. The zero-order chi connectivity index (χ0) is 14.7. The van der Waals surface area contributed by atoms with Crippen molar-refractivity contribution in [3.8, 4) is 0 Å². The van der Waals surface area contributed by atoms with Crippen molar-refractivity contribution in [3.05, 3.63) is 60.0 Å². The molecule has 0 atom stereocenters. The van der Waals surface area contributed by atoms with E-state index in [9.17, 15) is 4.79 Å². The van der Waals surface area contributed by atoms with Gasteiger partial charge < -0.3 is 4.90 Å². The average molecular weight is 290 g/mol. The molecule has 5 heteroatoms. The highest BCUT2D eigenvalue weighted by atomic mass is 35.5. The molecule has 2 aromatic rings. The summed E-state index contributed by atoms with van der Waals surface area (Å²) in [5.41, 5.74) is 1.88. The Morgan fingerprint density at radius 3 is 2.70 bits per heavy atom. The van der Waals surface area contributed by atoms with Gasteiger partial charge >= 0.3 is 0 Å². The molecule has 2 rings (SSSR count).